The predicted octanol–water partition coefficient (Wildman–Crippen LogP) is 3.23. The third-order valence-corrected chi connectivity index (χ3v) is 3.66. The Labute approximate surface area is 113 Å². The first-order chi connectivity index (χ1) is 9.33. The molecule has 19 heavy (non-hydrogen) atoms. The summed E-state index contributed by atoms with van der Waals surface area (Å²) in [4.78, 5) is 12.2. The summed E-state index contributed by atoms with van der Waals surface area (Å²) in [5.74, 6) is 0.306. The fourth-order valence-electron chi connectivity index (χ4n) is 2.58. The van der Waals surface area contributed by atoms with Crippen molar-refractivity contribution >= 4 is 11.5 Å². The molecule has 0 amide bonds. The smallest absolute Gasteiger partial charge is 0.155 e. The standard InChI is InChI=1S/C17H17NO/c19-17(11-10-13-6-2-1-3-7-13)16-12-14-8-4-5-9-15(14)18-16/h1-9,16,18H,10-12H2. The summed E-state index contributed by atoms with van der Waals surface area (Å²) in [6.45, 7) is 0. The van der Waals surface area contributed by atoms with Crippen LogP contribution in [-0.4, -0.2) is 11.8 Å². The second kappa shape index (κ2) is 5.27. The fraction of sp³-hybridized carbons (Fsp3) is 0.235. The number of nitrogens with one attached hydrogen (secondary N) is 1. The Hall–Kier alpha value is -2.09. The van der Waals surface area contributed by atoms with E-state index in [4.69, 9.17) is 0 Å². The van der Waals surface area contributed by atoms with Gasteiger partial charge in [0.1, 0.15) is 0 Å². The molecule has 1 unspecified atom stereocenters. The van der Waals surface area contributed by atoms with Gasteiger partial charge in [0.2, 0.25) is 0 Å². The maximum absolute atomic E-state index is 12.2. The molecule has 0 saturated heterocycles. The van der Waals surface area contributed by atoms with E-state index < -0.39 is 0 Å². The van der Waals surface area contributed by atoms with Crippen molar-refractivity contribution in [2.24, 2.45) is 0 Å². The van der Waals surface area contributed by atoms with E-state index in [0.717, 1.165) is 18.5 Å². The third-order valence-electron chi connectivity index (χ3n) is 3.66. The van der Waals surface area contributed by atoms with Gasteiger partial charge in [0, 0.05) is 18.5 Å². The molecular weight excluding hydrogens is 234 g/mol. The van der Waals surface area contributed by atoms with Crippen LogP contribution >= 0.6 is 0 Å². The largest absolute Gasteiger partial charge is 0.375 e. The van der Waals surface area contributed by atoms with Gasteiger partial charge in [-0.2, -0.15) is 0 Å². The van der Waals surface area contributed by atoms with Crippen LogP contribution in [0.25, 0.3) is 0 Å². The van der Waals surface area contributed by atoms with Crippen molar-refractivity contribution in [1.82, 2.24) is 0 Å². The van der Waals surface area contributed by atoms with Gasteiger partial charge in [0.05, 0.1) is 6.04 Å². The van der Waals surface area contributed by atoms with Crippen LogP contribution in [0.5, 0.6) is 0 Å². The van der Waals surface area contributed by atoms with Gasteiger partial charge in [-0.25, -0.2) is 0 Å². The van der Waals surface area contributed by atoms with Crippen LogP contribution in [0.4, 0.5) is 5.69 Å². The molecule has 0 fully saturated rings. The highest BCUT2D eigenvalue weighted by molar-refractivity contribution is 5.89. The highest BCUT2D eigenvalue weighted by Gasteiger charge is 2.25. The molecule has 0 aromatic heterocycles. The number of anilines is 1. The normalized spacial score (nSPS) is 16.7. The number of rotatable bonds is 4. The van der Waals surface area contributed by atoms with Crippen LogP contribution in [0.3, 0.4) is 0 Å². The second-order valence-electron chi connectivity index (χ2n) is 5.01. The Morgan fingerprint density at radius 2 is 1.79 bits per heavy atom. The molecule has 1 atom stereocenters. The number of hydrogen-bond acceptors (Lipinski definition) is 2. The molecule has 0 saturated carbocycles. The lowest BCUT2D eigenvalue weighted by Gasteiger charge is -2.10. The van der Waals surface area contributed by atoms with Crippen molar-refractivity contribution in [2.75, 3.05) is 5.32 Å². The molecule has 0 bridgehead atoms. The number of ketones is 1. The number of carbonyl (C=O) groups is 1. The Morgan fingerprint density at radius 1 is 1.05 bits per heavy atom. The van der Waals surface area contributed by atoms with Crippen molar-refractivity contribution in [3.05, 3.63) is 65.7 Å². The SMILES string of the molecule is O=C(CCc1ccccc1)C1Cc2ccccc2N1. The van der Waals surface area contributed by atoms with E-state index >= 15 is 0 Å². The van der Waals surface area contributed by atoms with Crippen molar-refractivity contribution in [1.29, 1.82) is 0 Å². The number of carbonyl (C=O) groups excluding carboxylic acids is 1. The minimum Gasteiger partial charge on any atom is -0.375 e. The second-order valence-corrected chi connectivity index (χ2v) is 5.01. The molecule has 0 radical (unpaired) electrons. The van der Waals surface area contributed by atoms with Crippen molar-refractivity contribution in [3.8, 4) is 0 Å². The van der Waals surface area contributed by atoms with E-state index in [0.29, 0.717) is 12.2 Å². The quantitative estimate of drug-likeness (QED) is 0.904. The van der Waals surface area contributed by atoms with Gasteiger partial charge in [0.25, 0.3) is 0 Å². The number of Topliss-reactive ketones (excluding diaryl/α,β-unsaturated/α-hetero) is 1. The zero-order valence-electron chi connectivity index (χ0n) is 10.8. The first kappa shape index (κ1) is 12.0. The molecule has 2 aromatic rings. The number of aryl methyl sites for hydroxylation is 1. The van der Waals surface area contributed by atoms with Crippen LogP contribution < -0.4 is 5.32 Å². The molecule has 1 N–H and O–H groups in total. The molecule has 3 rings (SSSR count). The molecule has 0 aliphatic carbocycles. The zero-order chi connectivity index (χ0) is 13.1. The lowest BCUT2D eigenvalue weighted by Crippen LogP contribution is -2.27. The topological polar surface area (TPSA) is 29.1 Å². The van der Waals surface area contributed by atoms with E-state index in [1.807, 2.05) is 36.4 Å². The van der Waals surface area contributed by atoms with Crippen LogP contribution in [-0.2, 0) is 17.6 Å². The van der Waals surface area contributed by atoms with Crippen LogP contribution in [0.2, 0.25) is 0 Å². The van der Waals surface area contributed by atoms with Gasteiger partial charge in [-0.15, -0.1) is 0 Å². The van der Waals surface area contributed by atoms with Gasteiger partial charge >= 0.3 is 0 Å². The molecule has 1 aliphatic rings. The number of hydrogen-bond donors (Lipinski definition) is 1. The summed E-state index contributed by atoms with van der Waals surface area (Å²) < 4.78 is 0. The molecule has 0 spiro atoms. The van der Waals surface area contributed by atoms with Crippen molar-refractivity contribution in [2.45, 2.75) is 25.3 Å². The van der Waals surface area contributed by atoms with E-state index in [1.54, 1.807) is 0 Å². The Morgan fingerprint density at radius 3 is 2.58 bits per heavy atom. The third kappa shape index (κ3) is 2.68. The molecular formula is C17H17NO. The molecule has 1 heterocycles. The number of fused-ring (bicyclic) bond motifs is 1. The molecule has 2 heteroatoms. The molecule has 96 valence electrons. The maximum Gasteiger partial charge on any atom is 0.155 e. The average molecular weight is 251 g/mol. The summed E-state index contributed by atoms with van der Waals surface area (Å²) in [5, 5.41) is 3.32. The van der Waals surface area contributed by atoms with Crippen molar-refractivity contribution in [3.63, 3.8) is 0 Å². The Balaban J connectivity index is 1.58. The summed E-state index contributed by atoms with van der Waals surface area (Å²) >= 11 is 0. The molecule has 1 aliphatic heterocycles. The maximum atomic E-state index is 12.2. The minimum atomic E-state index is -0.0406. The monoisotopic (exact) mass is 251 g/mol. The lowest BCUT2D eigenvalue weighted by atomic mass is 10.0. The molecule has 2 aromatic carbocycles. The van der Waals surface area contributed by atoms with Gasteiger partial charge in [-0.1, -0.05) is 48.5 Å². The predicted molar refractivity (Wildman–Crippen MR) is 77.3 cm³/mol. The summed E-state index contributed by atoms with van der Waals surface area (Å²) in [6, 6.07) is 18.3. The van der Waals surface area contributed by atoms with Gasteiger partial charge in [-0.05, 0) is 23.6 Å². The highest BCUT2D eigenvalue weighted by Crippen LogP contribution is 2.26. The molecule has 2 nitrogen and oxygen atoms in total. The first-order valence-corrected chi connectivity index (χ1v) is 6.74. The minimum absolute atomic E-state index is 0.0406. The van der Waals surface area contributed by atoms with Gasteiger partial charge in [0.15, 0.2) is 5.78 Å². The summed E-state index contributed by atoms with van der Waals surface area (Å²) in [6.07, 6.45) is 2.26. The van der Waals surface area contributed by atoms with E-state index in [9.17, 15) is 4.79 Å². The summed E-state index contributed by atoms with van der Waals surface area (Å²) in [7, 11) is 0. The summed E-state index contributed by atoms with van der Waals surface area (Å²) in [5.41, 5.74) is 3.59. The first-order valence-electron chi connectivity index (χ1n) is 6.74. The zero-order valence-corrected chi connectivity index (χ0v) is 10.8. The Kier molecular flexibility index (Phi) is 3.32. The lowest BCUT2D eigenvalue weighted by molar-refractivity contribution is -0.119. The Bertz CT molecular complexity index is 552. The number of benzene rings is 2. The van der Waals surface area contributed by atoms with Gasteiger partial charge < -0.3 is 5.32 Å². The van der Waals surface area contributed by atoms with Crippen molar-refractivity contribution < 1.29 is 4.79 Å². The average Bonchev–Trinajstić information content (AvgIpc) is 2.90. The highest BCUT2D eigenvalue weighted by atomic mass is 16.1. The van der Waals surface area contributed by atoms with Gasteiger partial charge in [-0.3, -0.25) is 4.79 Å². The van der Waals surface area contributed by atoms with Crippen LogP contribution in [0, 0.1) is 0 Å². The van der Waals surface area contributed by atoms with E-state index in [-0.39, 0.29) is 6.04 Å². The van der Waals surface area contributed by atoms with Crippen LogP contribution in [0.15, 0.2) is 54.6 Å². The van der Waals surface area contributed by atoms with E-state index in [2.05, 4.69) is 23.5 Å². The van der Waals surface area contributed by atoms with E-state index in [1.165, 1.54) is 11.1 Å². The number of para-hydroxylation sites is 1. The fourth-order valence-corrected chi connectivity index (χ4v) is 2.58. The van der Waals surface area contributed by atoms with Crippen LogP contribution in [0.1, 0.15) is 17.5 Å².